The lowest BCUT2D eigenvalue weighted by molar-refractivity contribution is -0.118. The number of benzene rings is 1. The number of halogens is 2. The van der Waals surface area contributed by atoms with Gasteiger partial charge in [0.2, 0.25) is 5.91 Å². The summed E-state index contributed by atoms with van der Waals surface area (Å²) in [6, 6.07) is 1.29. The smallest absolute Gasteiger partial charge is 0.233 e. The SMILES string of the molecule is CCn1cc(CC(=O)N2CCCc3c(C)c(F)cc(Cl)c32)nn1. The number of fused-ring (bicyclic) bond motifs is 1. The van der Waals surface area contributed by atoms with Crippen LogP contribution >= 0.6 is 11.6 Å². The molecule has 0 N–H and O–H groups in total. The third kappa shape index (κ3) is 2.95. The third-order valence-corrected chi connectivity index (χ3v) is 4.49. The monoisotopic (exact) mass is 336 g/mol. The van der Waals surface area contributed by atoms with Crippen molar-refractivity contribution in [1.82, 2.24) is 15.0 Å². The van der Waals surface area contributed by atoms with Gasteiger partial charge in [0.05, 0.1) is 22.8 Å². The second-order valence-electron chi connectivity index (χ2n) is 5.68. The summed E-state index contributed by atoms with van der Waals surface area (Å²) in [6.45, 7) is 4.97. The van der Waals surface area contributed by atoms with Crippen molar-refractivity contribution in [3.8, 4) is 0 Å². The van der Waals surface area contributed by atoms with E-state index in [4.69, 9.17) is 11.6 Å². The first-order chi connectivity index (χ1) is 11.0. The Morgan fingerprint density at radius 2 is 2.26 bits per heavy atom. The van der Waals surface area contributed by atoms with E-state index in [1.54, 1.807) is 22.7 Å². The average molecular weight is 337 g/mol. The lowest BCUT2D eigenvalue weighted by Crippen LogP contribution is -2.37. The van der Waals surface area contributed by atoms with Gasteiger partial charge in [-0.05, 0) is 43.9 Å². The van der Waals surface area contributed by atoms with Gasteiger partial charge in [0.1, 0.15) is 5.82 Å². The van der Waals surface area contributed by atoms with E-state index in [1.807, 2.05) is 6.92 Å². The van der Waals surface area contributed by atoms with Gasteiger partial charge in [0.25, 0.3) is 0 Å². The maximum atomic E-state index is 13.9. The summed E-state index contributed by atoms with van der Waals surface area (Å²) in [5.74, 6) is -0.420. The summed E-state index contributed by atoms with van der Waals surface area (Å²) in [6.07, 6.45) is 3.45. The van der Waals surface area contributed by atoms with Crippen molar-refractivity contribution in [2.75, 3.05) is 11.4 Å². The van der Waals surface area contributed by atoms with Gasteiger partial charge in [-0.3, -0.25) is 9.48 Å². The summed E-state index contributed by atoms with van der Waals surface area (Å²) in [7, 11) is 0. The number of anilines is 1. The molecule has 5 nitrogen and oxygen atoms in total. The normalized spacial score (nSPS) is 14.0. The van der Waals surface area contributed by atoms with Crippen LogP contribution in [0.4, 0.5) is 10.1 Å². The highest BCUT2D eigenvalue weighted by Gasteiger charge is 2.28. The summed E-state index contributed by atoms with van der Waals surface area (Å²) in [4.78, 5) is 14.3. The van der Waals surface area contributed by atoms with E-state index in [2.05, 4.69) is 10.3 Å². The van der Waals surface area contributed by atoms with Crippen LogP contribution in [0.3, 0.4) is 0 Å². The molecule has 0 aliphatic carbocycles. The van der Waals surface area contributed by atoms with E-state index >= 15 is 0 Å². The molecule has 2 aromatic rings. The Labute approximate surface area is 139 Å². The molecule has 2 heterocycles. The number of aromatic nitrogens is 3. The second-order valence-corrected chi connectivity index (χ2v) is 6.09. The summed E-state index contributed by atoms with van der Waals surface area (Å²) in [5, 5.41) is 8.23. The van der Waals surface area contributed by atoms with Crippen molar-refractivity contribution in [3.63, 3.8) is 0 Å². The van der Waals surface area contributed by atoms with E-state index in [0.29, 0.717) is 30.0 Å². The summed E-state index contributed by atoms with van der Waals surface area (Å²) in [5.41, 5.74) is 2.66. The fraction of sp³-hybridized carbons (Fsp3) is 0.438. The van der Waals surface area contributed by atoms with E-state index in [-0.39, 0.29) is 23.2 Å². The molecule has 7 heteroatoms. The number of rotatable bonds is 3. The molecule has 0 bridgehead atoms. The first kappa shape index (κ1) is 15.9. The fourth-order valence-corrected chi connectivity index (χ4v) is 3.26. The molecule has 1 aromatic carbocycles. The number of nitrogens with zero attached hydrogens (tertiary/aromatic N) is 4. The van der Waals surface area contributed by atoms with Crippen molar-refractivity contribution in [2.45, 2.75) is 39.7 Å². The van der Waals surface area contributed by atoms with Crippen molar-refractivity contribution in [1.29, 1.82) is 0 Å². The lowest BCUT2D eigenvalue weighted by atomic mass is 9.96. The number of aryl methyl sites for hydroxylation is 1. The molecule has 0 unspecified atom stereocenters. The van der Waals surface area contributed by atoms with E-state index < -0.39 is 0 Å². The van der Waals surface area contributed by atoms with Crippen LogP contribution < -0.4 is 4.90 Å². The third-order valence-electron chi connectivity index (χ3n) is 4.20. The Hall–Kier alpha value is -1.95. The molecule has 1 aliphatic rings. The maximum Gasteiger partial charge on any atom is 0.233 e. The van der Waals surface area contributed by atoms with Gasteiger partial charge in [-0.1, -0.05) is 16.8 Å². The fourth-order valence-electron chi connectivity index (χ4n) is 2.95. The first-order valence-corrected chi connectivity index (χ1v) is 8.06. The number of hydrogen-bond acceptors (Lipinski definition) is 3. The van der Waals surface area contributed by atoms with Gasteiger partial charge in [0, 0.05) is 19.3 Å². The molecule has 23 heavy (non-hydrogen) atoms. The second kappa shape index (κ2) is 6.28. The highest BCUT2D eigenvalue weighted by Crippen LogP contribution is 2.37. The zero-order valence-corrected chi connectivity index (χ0v) is 13.9. The average Bonchev–Trinajstić information content (AvgIpc) is 2.99. The molecule has 1 aromatic heterocycles. The number of carbonyl (C=O) groups excluding carboxylic acids is 1. The summed E-state index contributed by atoms with van der Waals surface area (Å²) < 4.78 is 15.6. The summed E-state index contributed by atoms with van der Waals surface area (Å²) >= 11 is 6.22. The minimum absolute atomic E-state index is 0.0954. The molecule has 0 atom stereocenters. The van der Waals surface area contributed by atoms with Gasteiger partial charge in [-0.25, -0.2) is 4.39 Å². The zero-order chi connectivity index (χ0) is 16.6. The maximum absolute atomic E-state index is 13.9. The quantitative estimate of drug-likeness (QED) is 0.866. The Balaban J connectivity index is 1.90. The van der Waals surface area contributed by atoms with Gasteiger partial charge in [0.15, 0.2) is 0 Å². The first-order valence-electron chi connectivity index (χ1n) is 7.68. The van der Waals surface area contributed by atoms with Crippen LogP contribution in [-0.2, 0) is 24.2 Å². The van der Waals surface area contributed by atoms with Crippen LogP contribution in [0.2, 0.25) is 5.02 Å². The van der Waals surface area contributed by atoms with Crippen LogP contribution in [0.5, 0.6) is 0 Å². The van der Waals surface area contributed by atoms with Gasteiger partial charge in [-0.2, -0.15) is 0 Å². The molecule has 0 spiro atoms. The van der Waals surface area contributed by atoms with Crippen LogP contribution in [0, 0.1) is 12.7 Å². The lowest BCUT2D eigenvalue weighted by Gasteiger charge is -2.31. The minimum Gasteiger partial charge on any atom is -0.310 e. The van der Waals surface area contributed by atoms with E-state index in [9.17, 15) is 9.18 Å². The Morgan fingerprint density at radius 3 is 2.96 bits per heavy atom. The van der Waals surface area contributed by atoms with Crippen LogP contribution in [0.15, 0.2) is 12.3 Å². The van der Waals surface area contributed by atoms with Crippen molar-refractivity contribution in [3.05, 3.63) is 39.9 Å². The number of hydrogen-bond donors (Lipinski definition) is 0. The largest absolute Gasteiger partial charge is 0.310 e. The molecule has 122 valence electrons. The molecule has 0 fully saturated rings. The van der Waals surface area contributed by atoms with Crippen LogP contribution in [-0.4, -0.2) is 27.4 Å². The van der Waals surface area contributed by atoms with E-state index in [1.165, 1.54) is 6.07 Å². The Bertz CT molecular complexity index is 759. The molecule has 1 aliphatic heterocycles. The van der Waals surface area contributed by atoms with Gasteiger partial charge < -0.3 is 4.90 Å². The predicted octanol–water partition coefficient (Wildman–Crippen LogP) is 2.92. The van der Waals surface area contributed by atoms with Crippen molar-refractivity contribution < 1.29 is 9.18 Å². The molecule has 3 rings (SSSR count). The molecule has 0 saturated heterocycles. The predicted molar refractivity (Wildman–Crippen MR) is 86.2 cm³/mol. The van der Waals surface area contributed by atoms with E-state index in [0.717, 1.165) is 18.4 Å². The molecular formula is C16H18ClFN4O. The standard InChI is InChI=1S/C16H18ClFN4O/c1-3-21-9-11(19-20-21)7-15(23)22-6-4-5-12-10(2)14(18)8-13(17)16(12)22/h8-9H,3-7H2,1-2H3. The highest BCUT2D eigenvalue weighted by molar-refractivity contribution is 6.34. The Kier molecular flexibility index (Phi) is 4.35. The van der Waals surface area contributed by atoms with Crippen LogP contribution in [0.25, 0.3) is 0 Å². The van der Waals surface area contributed by atoms with Gasteiger partial charge in [-0.15, -0.1) is 5.10 Å². The molecule has 0 saturated carbocycles. The number of amides is 1. The van der Waals surface area contributed by atoms with Crippen LogP contribution in [0.1, 0.15) is 30.2 Å². The molecule has 0 radical (unpaired) electrons. The minimum atomic E-state index is -0.325. The topological polar surface area (TPSA) is 51.0 Å². The molecular weight excluding hydrogens is 319 g/mol. The van der Waals surface area contributed by atoms with Crippen molar-refractivity contribution >= 4 is 23.2 Å². The van der Waals surface area contributed by atoms with Gasteiger partial charge >= 0.3 is 0 Å². The highest BCUT2D eigenvalue weighted by atomic mass is 35.5. The molecule has 1 amide bonds. The zero-order valence-electron chi connectivity index (χ0n) is 13.1. The Morgan fingerprint density at radius 1 is 1.48 bits per heavy atom. The van der Waals surface area contributed by atoms with Crippen molar-refractivity contribution in [2.24, 2.45) is 0 Å². The number of carbonyl (C=O) groups is 1.